The molecule has 2 amide bonds. The SMILES string of the molecule is CC1Oc2ccccc2OC1C(=O)Nc1cccc(C(N)=O)c1. The van der Waals surface area contributed by atoms with Gasteiger partial charge in [0.2, 0.25) is 12.0 Å². The Morgan fingerprint density at radius 1 is 1.04 bits per heavy atom. The van der Waals surface area contributed by atoms with Crippen molar-refractivity contribution in [3.63, 3.8) is 0 Å². The highest BCUT2D eigenvalue weighted by molar-refractivity contribution is 5.98. The molecule has 118 valence electrons. The molecule has 2 atom stereocenters. The highest BCUT2D eigenvalue weighted by Gasteiger charge is 2.34. The summed E-state index contributed by atoms with van der Waals surface area (Å²) in [7, 11) is 0. The largest absolute Gasteiger partial charge is 0.482 e. The molecule has 2 aromatic rings. The van der Waals surface area contributed by atoms with Gasteiger partial charge in [0, 0.05) is 11.3 Å². The fourth-order valence-corrected chi connectivity index (χ4v) is 2.37. The van der Waals surface area contributed by atoms with Crippen molar-refractivity contribution in [3.8, 4) is 11.5 Å². The van der Waals surface area contributed by atoms with Gasteiger partial charge in [0.05, 0.1) is 0 Å². The molecule has 0 fully saturated rings. The molecule has 1 aliphatic rings. The Morgan fingerprint density at radius 2 is 1.74 bits per heavy atom. The first-order valence-corrected chi connectivity index (χ1v) is 7.17. The fraction of sp³-hybridized carbons (Fsp3) is 0.176. The predicted molar refractivity (Wildman–Crippen MR) is 84.5 cm³/mol. The highest BCUT2D eigenvalue weighted by atomic mass is 16.6. The quantitative estimate of drug-likeness (QED) is 0.906. The Labute approximate surface area is 133 Å². The van der Waals surface area contributed by atoms with Gasteiger partial charge < -0.3 is 20.5 Å². The van der Waals surface area contributed by atoms with Gasteiger partial charge in [-0.2, -0.15) is 0 Å². The highest BCUT2D eigenvalue weighted by Crippen LogP contribution is 2.33. The van der Waals surface area contributed by atoms with E-state index in [1.54, 1.807) is 37.3 Å². The van der Waals surface area contributed by atoms with Crippen molar-refractivity contribution in [1.82, 2.24) is 0 Å². The second-order valence-corrected chi connectivity index (χ2v) is 5.24. The van der Waals surface area contributed by atoms with Gasteiger partial charge in [0.25, 0.3) is 5.91 Å². The molecule has 1 aliphatic heterocycles. The van der Waals surface area contributed by atoms with Crippen LogP contribution in [0.2, 0.25) is 0 Å². The molecule has 0 bridgehead atoms. The normalized spacial score (nSPS) is 19.0. The summed E-state index contributed by atoms with van der Waals surface area (Å²) in [5, 5.41) is 2.72. The van der Waals surface area contributed by atoms with Crippen LogP contribution in [0.5, 0.6) is 11.5 Å². The van der Waals surface area contributed by atoms with Crippen LogP contribution in [0.1, 0.15) is 17.3 Å². The predicted octanol–water partition coefficient (Wildman–Crippen LogP) is 1.95. The number of fused-ring (bicyclic) bond motifs is 1. The summed E-state index contributed by atoms with van der Waals surface area (Å²) >= 11 is 0. The number of nitrogens with one attached hydrogen (secondary N) is 1. The van der Waals surface area contributed by atoms with E-state index in [4.69, 9.17) is 15.2 Å². The summed E-state index contributed by atoms with van der Waals surface area (Å²) in [5.74, 6) is 0.227. The zero-order valence-electron chi connectivity index (χ0n) is 12.5. The third-order valence-corrected chi connectivity index (χ3v) is 3.52. The van der Waals surface area contributed by atoms with E-state index in [1.807, 2.05) is 12.1 Å². The van der Waals surface area contributed by atoms with Crippen molar-refractivity contribution in [1.29, 1.82) is 0 Å². The van der Waals surface area contributed by atoms with Crippen molar-refractivity contribution >= 4 is 17.5 Å². The van der Waals surface area contributed by atoms with Gasteiger partial charge in [-0.25, -0.2) is 0 Å². The summed E-state index contributed by atoms with van der Waals surface area (Å²) in [6.07, 6.45) is -1.23. The summed E-state index contributed by atoms with van der Waals surface area (Å²) in [5.41, 5.74) is 6.03. The van der Waals surface area contributed by atoms with E-state index in [-0.39, 0.29) is 5.91 Å². The zero-order chi connectivity index (χ0) is 16.4. The lowest BCUT2D eigenvalue weighted by Crippen LogP contribution is -2.46. The first kappa shape index (κ1) is 14.9. The second kappa shape index (κ2) is 6.00. The van der Waals surface area contributed by atoms with Crippen LogP contribution in [0.4, 0.5) is 5.69 Å². The van der Waals surface area contributed by atoms with Gasteiger partial charge in [0.1, 0.15) is 6.10 Å². The van der Waals surface area contributed by atoms with Crippen LogP contribution in [0.25, 0.3) is 0 Å². The third-order valence-electron chi connectivity index (χ3n) is 3.52. The molecule has 6 heteroatoms. The number of carbonyl (C=O) groups excluding carboxylic acids is 2. The number of amides is 2. The lowest BCUT2D eigenvalue weighted by atomic mass is 10.1. The van der Waals surface area contributed by atoms with Crippen LogP contribution in [0, 0.1) is 0 Å². The third kappa shape index (κ3) is 3.11. The first-order chi connectivity index (χ1) is 11.0. The molecule has 0 saturated heterocycles. The van der Waals surface area contributed by atoms with Gasteiger partial charge in [-0.3, -0.25) is 9.59 Å². The molecule has 0 saturated carbocycles. The molecular formula is C17H16N2O4. The molecule has 23 heavy (non-hydrogen) atoms. The fourth-order valence-electron chi connectivity index (χ4n) is 2.37. The van der Waals surface area contributed by atoms with Crippen LogP contribution in [-0.2, 0) is 4.79 Å². The molecule has 6 nitrogen and oxygen atoms in total. The molecule has 2 aromatic carbocycles. The van der Waals surface area contributed by atoms with Gasteiger partial charge >= 0.3 is 0 Å². The molecular weight excluding hydrogens is 296 g/mol. The summed E-state index contributed by atoms with van der Waals surface area (Å²) in [6, 6.07) is 13.6. The average molecular weight is 312 g/mol. The number of primary amides is 1. The monoisotopic (exact) mass is 312 g/mol. The van der Waals surface area contributed by atoms with Gasteiger partial charge in [-0.05, 0) is 37.3 Å². The number of benzene rings is 2. The van der Waals surface area contributed by atoms with E-state index in [0.29, 0.717) is 22.7 Å². The summed E-state index contributed by atoms with van der Waals surface area (Å²) in [4.78, 5) is 23.6. The van der Waals surface area contributed by atoms with Crippen molar-refractivity contribution in [3.05, 3.63) is 54.1 Å². The molecule has 0 aromatic heterocycles. The Hall–Kier alpha value is -3.02. The molecule has 0 aliphatic carbocycles. The van der Waals surface area contributed by atoms with Crippen molar-refractivity contribution in [2.75, 3.05) is 5.32 Å². The maximum atomic E-state index is 12.4. The van der Waals surface area contributed by atoms with E-state index in [2.05, 4.69) is 5.32 Å². The van der Waals surface area contributed by atoms with Crippen LogP contribution in [0.3, 0.4) is 0 Å². The topological polar surface area (TPSA) is 90.7 Å². The number of rotatable bonds is 3. The number of hydrogen-bond acceptors (Lipinski definition) is 4. The van der Waals surface area contributed by atoms with Crippen LogP contribution in [-0.4, -0.2) is 24.0 Å². The van der Waals surface area contributed by atoms with Gasteiger partial charge in [-0.15, -0.1) is 0 Å². The van der Waals surface area contributed by atoms with Crippen LogP contribution in [0.15, 0.2) is 48.5 Å². The zero-order valence-corrected chi connectivity index (χ0v) is 12.5. The average Bonchev–Trinajstić information content (AvgIpc) is 2.54. The molecule has 3 N–H and O–H groups in total. The van der Waals surface area contributed by atoms with E-state index in [0.717, 1.165) is 0 Å². The summed E-state index contributed by atoms with van der Waals surface area (Å²) in [6.45, 7) is 1.76. The minimum atomic E-state index is -0.790. The number of carbonyl (C=O) groups is 2. The van der Waals surface area contributed by atoms with Crippen molar-refractivity contribution in [2.24, 2.45) is 5.73 Å². The molecule has 0 radical (unpaired) electrons. The number of nitrogens with two attached hydrogens (primary N) is 1. The Morgan fingerprint density at radius 3 is 2.43 bits per heavy atom. The summed E-state index contributed by atoms with van der Waals surface area (Å²) < 4.78 is 11.4. The van der Waals surface area contributed by atoms with Crippen LogP contribution < -0.4 is 20.5 Å². The van der Waals surface area contributed by atoms with Gasteiger partial charge in [-0.1, -0.05) is 18.2 Å². The maximum Gasteiger partial charge on any atom is 0.269 e. The molecule has 2 unspecified atom stereocenters. The smallest absolute Gasteiger partial charge is 0.269 e. The van der Waals surface area contributed by atoms with E-state index in [1.165, 1.54) is 6.07 Å². The molecule has 3 rings (SSSR count). The Balaban J connectivity index is 1.76. The van der Waals surface area contributed by atoms with E-state index in [9.17, 15) is 9.59 Å². The molecule has 0 spiro atoms. The number of para-hydroxylation sites is 2. The first-order valence-electron chi connectivity index (χ1n) is 7.17. The second-order valence-electron chi connectivity index (χ2n) is 5.24. The Kier molecular flexibility index (Phi) is 3.89. The minimum Gasteiger partial charge on any atom is -0.482 e. The standard InChI is InChI=1S/C17H16N2O4/c1-10-15(23-14-8-3-2-7-13(14)22-10)17(21)19-12-6-4-5-11(9-12)16(18)20/h2-10,15H,1H3,(H2,18,20)(H,19,21). The Bertz CT molecular complexity index is 760. The minimum absolute atomic E-state index is 0.321. The van der Waals surface area contributed by atoms with Crippen molar-refractivity contribution < 1.29 is 19.1 Å². The lowest BCUT2D eigenvalue weighted by Gasteiger charge is -2.31. The van der Waals surface area contributed by atoms with Gasteiger partial charge in [0.15, 0.2) is 11.5 Å². The van der Waals surface area contributed by atoms with Crippen molar-refractivity contribution in [2.45, 2.75) is 19.1 Å². The number of ether oxygens (including phenoxy) is 2. The maximum absolute atomic E-state index is 12.4. The molecule has 1 heterocycles. The van der Waals surface area contributed by atoms with E-state index < -0.39 is 18.1 Å². The van der Waals surface area contributed by atoms with E-state index >= 15 is 0 Å². The number of anilines is 1. The number of hydrogen-bond donors (Lipinski definition) is 2. The lowest BCUT2D eigenvalue weighted by molar-refractivity contribution is -0.128. The van der Waals surface area contributed by atoms with Crippen LogP contribution >= 0.6 is 0 Å².